The van der Waals surface area contributed by atoms with Gasteiger partial charge in [0.1, 0.15) is 11.8 Å². The van der Waals surface area contributed by atoms with Crippen LogP contribution in [0.15, 0.2) is 65.9 Å². The minimum absolute atomic E-state index is 0.233. The molecule has 0 saturated carbocycles. The van der Waals surface area contributed by atoms with Crippen LogP contribution in [-0.4, -0.2) is 33.2 Å². The monoisotopic (exact) mass is 362 g/mol. The van der Waals surface area contributed by atoms with Crippen LogP contribution in [0.3, 0.4) is 0 Å². The van der Waals surface area contributed by atoms with E-state index in [9.17, 15) is 4.79 Å². The van der Waals surface area contributed by atoms with E-state index in [-0.39, 0.29) is 5.91 Å². The number of rotatable bonds is 4. The molecule has 8 heteroatoms. The standard InChI is InChI=1S/C19H18N6O2/c1-12-16(18(26)21-13-8-4-3-5-9-13)17(25-19(20-12)22-23-24-25)14-10-6-7-11-15(14)27-2/h3-11,17H,1-2H3,(H,21,26)(H,20,22,24). The first-order chi connectivity index (χ1) is 13.2. The van der Waals surface area contributed by atoms with E-state index in [4.69, 9.17) is 4.74 Å². The van der Waals surface area contributed by atoms with Crippen LogP contribution in [0.25, 0.3) is 0 Å². The average molecular weight is 362 g/mol. The molecule has 0 spiro atoms. The number of benzene rings is 2. The minimum Gasteiger partial charge on any atom is -0.496 e. The van der Waals surface area contributed by atoms with E-state index in [0.717, 1.165) is 5.56 Å². The van der Waals surface area contributed by atoms with Gasteiger partial charge in [0.25, 0.3) is 5.91 Å². The summed E-state index contributed by atoms with van der Waals surface area (Å²) in [6.45, 7) is 1.83. The first-order valence-corrected chi connectivity index (χ1v) is 8.44. The van der Waals surface area contributed by atoms with E-state index in [2.05, 4.69) is 26.2 Å². The number of nitrogens with one attached hydrogen (secondary N) is 2. The third kappa shape index (κ3) is 3.01. The number of amides is 1. The maximum atomic E-state index is 13.2. The lowest BCUT2D eigenvalue weighted by atomic mass is 9.94. The molecule has 1 aliphatic heterocycles. The number of tetrazole rings is 1. The van der Waals surface area contributed by atoms with Crippen molar-refractivity contribution in [2.45, 2.75) is 13.0 Å². The first kappa shape index (κ1) is 16.8. The number of carbonyl (C=O) groups excluding carboxylic acids is 1. The Bertz CT molecular complexity index is 1010. The Morgan fingerprint density at radius 1 is 1.15 bits per heavy atom. The van der Waals surface area contributed by atoms with Crippen molar-refractivity contribution in [3.63, 3.8) is 0 Å². The van der Waals surface area contributed by atoms with Gasteiger partial charge in [0, 0.05) is 16.9 Å². The van der Waals surface area contributed by atoms with Gasteiger partial charge in [-0.2, -0.15) is 4.68 Å². The van der Waals surface area contributed by atoms with Gasteiger partial charge in [-0.25, -0.2) is 0 Å². The zero-order valence-electron chi connectivity index (χ0n) is 14.9. The van der Waals surface area contributed by atoms with E-state index < -0.39 is 6.04 Å². The van der Waals surface area contributed by atoms with Crippen LogP contribution in [0.1, 0.15) is 18.5 Å². The molecule has 2 aromatic carbocycles. The van der Waals surface area contributed by atoms with Crippen LogP contribution < -0.4 is 15.4 Å². The molecule has 27 heavy (non-hydrogen) atoms. The number of hydrogen-bond acceptors (Lipinski definition) is 6. The van der Waals surface area contributed by atoms with Gasteiger partial charge in [0.05, 0.1) is 12.7 Å². The van der Waals surface area contributed by atoms with E-state index in [1.165, 1.54) is 0 Å². The van der Waals surface area contributed by atoms with Crippen LogP contribution in [-0.2, 0) is 4.79 Å². The number of aromatic nitrogens is 4. The van der Waals surface area contributed by atoms with Crippen molar-refractivity contribution in [1.29, 1.82) is 0 Å². The Kier molecular flexibility index (Phi) is 4.29. The highest BCUT2D eigenvalue weighted by molar-refractivity contribution is 6.06. The highest BCUT2D eigenvalue weighted by Crippen LogP contribution is 2.38. The largest absolute Gasteiger partial charge is 0.496 e. The molecule has 136 valence electrons. The lowest BCUT2D eigenvalue weighted by Gasteiger charge is -2.28. The topological polar surface area (TPSA) is 94.0 Å². The predicted molar refractivity (Wildman–Crippen MR) is 100 cm³/mol. The summed E-state index contributed by atoms with van der Waals surface area (Å²) in [5, 5.41) is 17.9. The van der Waals surface area contributed by atoms with Gasteiger partial charge in [0.15, 0.2) is 0 Å². The fraction of sp³-hybridized carbons (Fsp3) is 0.158. The van der Waals surface area contributed by atoms with Crippen LogP contribution in [0.5, 0.6) is 5.75 Å². The molecular formula is C19H18N6O2. The summed E-state index contributed by atoms with van der Waals surface area (Å²) < 4.78 is 7.10. The number of ether oxygens (including phenoxy) is 1. The quantitative estimate of drug-likeness (QED) is 0.741. The molecule has 1 aromatic heterocycles. The molecule has 1 aliphatic rings. The molecule has 1 atom stereocenters. The van der Waals surface area contributed by atoms with Gasteiger partial charge >= 0.3 is 0 Å². The Morgan fingerprint density at radius 2 is 1.89 bits per heavy atom. The molecule has 2 heterocycles. The highest BCUT2D eigenvalue weighted by Gasteiger charge is 2.35. The second-order valence-electron chi connectivity index (χ2n) is 6.08. The molecule has 0 saturated heterocycles. The second-order valence-corrected chi connectivity index (χ2v) is 6.08. The normalized spacial score (nSPS) is 15.7. The maximum Gasteiger partial charge on any atom is 0.255 e. The van der Waals surface area contributed by atoms with Crippen molar-refractivity contribution in [3.05, 3.63) is 71.4 Å². The molecule has 2 N–H and O–H groups in total. The Hall–Kier alpha value is -3.68. The minimum atomic E-state index is -0.517. The molecule has 4 rings (SSSR count). The number of methoxy groups -OCH3 is 1. The summed E-state index contributed by atoms with van der Waals surface area (Å²) in [5.41, 5.74) is 2.71. The number of nitrogens with zero attached hydrogens (tertiary/aromatic N) is 4. The average Bonchev–Trinajstić information content (AvgIpc) is 3.15. The fourth-order valence-electron chi connectivity index (χ4n) is 3.21. The van der Waals surface area contributed by atoms with Crippen LogP contribution >= 0.6 is 0 Å². The third-order valence-corrected chi connectivity index (χ3v) is 4.42. The number of para-hydroxylation sites is 2. The van der Waals surface area contributed by atoms with Crippen molar-refractivity contribution >= 4 is 17.5 Å². The molecule has 0 fully saturated rings. The van der Waals surface area contributed by atoms with Crippen molar-refractivity contribution in [3.8, 4) is 5.75 Å². The number of fused-ring (bicyclic) bond motifs is 1. The summed E-state index contributed by atoms with van der Waals surface area (Å²) >= 11 is 0. The van der Waals surface area contributed by atoms with Crippen LogP contribution in [0.2, 0.25) is 0 Å². The lowest BCUT2D eigenvalue weighted by molar-refractivity contribution is -0.113. The lowest BCUT2D eigenvalue weighted by Crippen LogP contribution is -2.31. The summed E-state index contributed by atoms with van der Waals surface area (Å²) in [6.07, 6.45) is 0. The Balaban J connectivity index is 1.81. The van der Waals surface area contributed by atoms with Crippen LogP contribution in [0, 0.1) is 0 Å². The van der Waals surface area contributed by atoms with Gasteiger partial charge in [-0.3, -0.25) is 4.79 Å². The predicted octanol–water partition coefficient (Wildman–Crippen LogP) is 2.61. The molecule has 3 aromatic rings. The van der Waals surface area contributed by atoms with Crippen molar-refractivity contribution < 1.29 is 9.53 Å². The van der Waals surface area contributed by atoms with E-state index in [1.807, 2.05) is 61.5 Å². The molecular weight excluding hydrogens is 344 g/mol. The zero-order chi connectivity index (χ0) is 18.8. The number of anilines is 2. The van der Waals surface area contributed by atoms with E-state index >= 15 is 0 Å². The van der Waals surface area contributed by atoms with Gasteiger partial charge in [-0.15, -0.1) is 0 Å². The van der Waals surface area contributed by atoms with Gasteiger partial charge < -0.3 is 15.4 Å². The van der Waals surface area contributed by atoms with Crippen molar-refractivity contribution in [1.82, 2.24) is 20.2 Å². The Morgan fingerprint density at radius 3 is 2.67 bits per heavy atom. The molecule has 0 aliphatic carbocycles. The Labute approximate surface area is 155 Å². The number of allylic oxidation sites excluding steroid dienone is 1. The number of carbonyl (C=O) groups is 1. The first-order valence-electron chi connectivity index (χ1n) is 8.44. The fourth-order valence-corrected chi connectivity index (χ4v) is 3.21. The molecule has 1 unspecified atom stereocenters. The number of hydrogen-bond donors (Lipinski definition) is 2. The highest BCUT2D eigenvalue weighted by atomic mass is 16.5. The third-order valence-electron chi connectivity index (χ3n) is 4.42. The summed E-state index contributed by atoms with van der Waals surface area (Å²) in [7, 11) is 1.60. The van der Waals surface area contributed by atoms with Crippen molar-refractivity contribution in [2.75, 3.05) is 17.7 Å². The van der Waals surface area contributed by atoms with Gasteiger partial charge in [0.2, 0.25) is 5.95 Å². The second kappa shape index (κ2) is 6.91. The summed E-state index contributed by atoms with van der Waals surface area (Å²) in [6, 6.07) is 16.3. The van der Waals surface area contributed by atoms with E-state index in [0.29, 0.717) is 28.7 Å². The van der Waals surface area contributed by atoms with Crippen molar-refractivity contribution in [2.24, 2.45) is 0 Å². The molecule has 8 nitrogen and oxygen atoms in total. The van der Waals surface area contributed by atoms with Crippen LogP contribution in [0.4, 0.5) is 11.6 Å². The molecule has 0 bridgehead atoms. The van der Waals surface area contributed by atoms with E-state index in [1.54, 1.807) is 11.8 Å². The van der Waals surface area contributed by atoms with Gasteiger partial charge in [-0.05, 0) is 35.5 Å². The zero-order valence-corrected chi connectivity index (χ0v) is 14.9. The molecule has 1 amide bonds. The van der Waals surface area contributed by atoms with Gasteiger partial charge in [-0.1, -0.05) is 41.5 Å². The molecule has 0 radical (unpaired) electrons. The summed E-state index contributed by atoms with van der Waals surface area (Å²) in [5.74, 6) is 0.895. The smallest absolute Gasteiger partial charge is 0.255 e. The maximum absolute atomic E-state index is 13.2. The SMILES string of the molecule is COc1ccccc1C1C(C(=O)Nc2ccccc2)=C(C)Nc2nnnn21. The summed E-state index contributed by atoms with van der Waals surface area (Å²) in [4.78, 5) is 13.2.